The summed E-state index contributed by atoms with van der Waals surface area (Å²) in [6.45, 7) is 0. The lowest BCUT2D eigenvalue weighted by Crippen LogP contribution is -2.06. The number of carbonyl (C=O) groups is 1. The molecule has 0 bridgehead atoms. The summed E-state index contributed by atoms with van der Waals surface area (Å²) in [7, 11) is 0. The Hall–Kier alpha value is -5.17. The average molecular weight is 511 g/mol. The summed E-state index contributed by atoms with van der Waals surface area (Å²) in [5.41, 5.74) is -0.770. The number of non-ortho nitro benzene ring substituents is 1. The van der Waals surface area contributed by atoms with E-state index in [-0.39, 0.29) is 39.4 Å². The molecule has 0 unspecified atom stereocenters. The maximum atomic E-state index is 12.2. The third-order valence-electron chi connectivity index (χ3n) is 4.77. The SMILES string of the molecule is O=C1OC(c2ccc(Cl)c([N+](=O)[O-])c2)=N/C1=C\c1ccc(Oc2ccc([N+](=O)[O-])cc2[N+](=O)[O-])cc1. The van der Waals surface area contributed by atoms with Crippen LogP contribution >= 0.6 is 11.6 Å². The van der Waals surface area contributed by atoms with Gasteiger partial charge in [-0.2, -0.15) is 0 Å². The third-order valence-corrected chi connectivity index (χ3v) is 5.09. The maximum Gasteiger partial charge on any atom is 0.363 e. The molecule has 0 amide bonds. The zero-order valence-electron chi connectivity index (χ0n) is 17.7. The minimum absolute atomic E-state index is 0.0673. The van der Waals surface area contributed by atoms with Gasteiger partial charge < -0.3 is 9.47 Å². The number of cyclic esters (lactones) is 1. The molecule has 0 N–H and O–H groups in total. The highest BCUT2D eigenvalue weighted by Crippen LogP contribution is 2.34. The summed E-state index contributed by atoms with van der Waals surface area (Å²) in [5.74, 6) is -0.899. The van der Waals surface area contributed by atoms with Gasteiger partial charge in [0, 0.05) is 17.7 Å². The van der Waals surface area contributed by atoms with Crippen molar-refractivity contribution in [2.45, 2.75) is 0 Å². The van der Waals surface area contributed by atoms with Crippen LogP contribution in [0.4, 0.5) is 17.1 Å². The standard InChI is InChI=1S/C22H11ClN4O9/c23-16-7-3-13(10-18(16)26(31)32)21-24-17(22(28)36-21)9-12-1-5-15(6-2-12)35-20-8-4-14(25(29)30)11-19(20)27(33)34/h1-11H/b17-9-. The van der Waals surface area contributed by atoms with E-state index in [1.165, 1.54) is 42.5 Å². The van der Waals surface area contributed by atoms with Crippen LogP contribution in [0.25, 0.3) is 6.08 Å². The van der Waals surface area contributed by atoms with Crippen molar-refractivity contribution in [3.8, 4) is 11.5 Å². The van der Waals surface area contributed by atoms with Crippen molar-refractivity contribution in [1.29, 1.82) is 0 Å². The molecule has 1 heterocycles. The zero-order valence-corrected chi connectivity index (χ0v) is 18.4. The number of aliphatic imine (C=N–C) groups is 1. The smallest absolute Gasteiger partial charge is 0.363 e. The second-order valence-corrected chi connectivity index (χ2v) is 7.50. The van der Waals surface area contributed by atoms with E-state index in [1.54, 1.807) is 0 Å². The highest BCUT2D eigenvalue weighted by atomic mass is 35.5. The second kappa shape index (κ2) is 9.60. The molecule has 180 valence electrons. The van der Waals surface area contributed by atoms with E-state index in [2.05, 4.69) is 4.99 Å². The number of nitrogens with zero attached hydrogens (tertiary/aromatic N) is 4. The Bertz CT molecular complexity index is 1500. The minimum Gasteiger partial charge on any atom is -0.450 e. The van der Waals surface area contributed by atoms with E-state index in [1.807, 2.05) is 0 Å². The van der Waals surface area contributed by atoms with Crippen LogP contribution in [0.3, 0.4) is 0 Å². The Morgan fingerprint density at radius 2 is 1.56 bits per heavy atom. The Morgan fingerprint density at radius 3 is 2.19 bits per heavy atom. The molecule has 0 saturated carbocycles. The molecule has 36 heavy (non-hydrogen) atoms. The summed E-state index contributed by atoms with van der Waals surface area (Å²) in [6.07, 6.45) is 1.40. The van der Waals surface area contributed by atoms with E-state index in [9.17, 15) is 35.1 Å². The summed E-state index contributed by atoms with van der Waals surface area (Å²) in [5, 5.41) is 33.1. The molecular weight excluding hydrogens is 500 g/mol. The third kappa shape index (κ3) is 5.00. The number of halogens is 1. The highest BCUT2D eigenvalue weighted by molar-refractivity contribution is 6.32. The van der Waals surface area contributed by atoms with Gasteiger partial charge in [0.1, 0.15) is 10.8 Å². The average Bonchev–Trinajstić information content (AvgIpc) is 3.20. The zero-order chi connectivity index (χ0) is 26.0. The fourth-order valence-corrected chi connectivity index (χ4v) is 3.27. The van der Waals surface area contributed by atoms with E-state index in [0.717, 1.165) is 24.3 Å². The first-order chi connectivity index (χ1) is 17.1. The van der Waals surface area contributed by atoms with Gasteiger partial charge in [0.05, 0.1) is 20.8 Å². The molecule has 0 aromatic heterocycles. The lowest BCUT2D eigenvalue weighted by Gasteiger charge is -2.06. The van der Waals surface area contributed by atoms with Gasteiger partial charge in [0.2, 0.25) is 11.6 Å². The molecular formula is C22H11ClN4O9. The molecule has 0 radical (unpaired) electrons. The van der Waals surface area contributed by atoms with Crippen molar-refractivity contribution in [2.24, 2.45) is 4.99 Å². The maximum absolute atomic E-state index is 12.2. The molecule has 0 saturated heterocycles. The molecule has 0 spiro atoms. The normalized spacial score (nSPS) is 13.8. The molecule has 0 aliphatic carbocycles. The molecule has 14 heteroatoms. The fraction of sp³-hybridized carbons (Fsp3) is 0. The Labute approximate surface area is 205 Å². The summed E-state index contributed by atoms with van der Waals surface area (Å²) in [6, 6.07) is 12.9. The monoisotopic (exact) mass is 510 g/mol. The number of ether oxygens (including phenoxy) is 2. The largest absolute Gasteiger partial charge is 0.450 e. The minimum atomic E-state index is -0.794. The predicted octanol–water partition coefficient (Wildman–Crippen LogP) is 5.20. The summed E-state index contributed by atoms with van der Waals surface area (Å²) >= 11 is 5.80. The molecule has 0 atom stereocenters. The van der Waals surface area contributed by atoms with Gasteiger partial charge >= 0.3 is 11.7 Å². The van der Waals surface area contributed by atoms with Crippen molar-refractivity contribution in [3.63, 3.8) is 0 Å². The van der Waals surface area contributed by atoms with E-state index in [4.69, 9.17) is 21.1 Å². The van der Waals surface area contributed by atoms with Gasteiger partial charge in [0.25, 0.3) is 11.4 Å². The molecule has 1 aliphatic heterocycles. The van der Waals surface area contributed by atoms with Gasteiger partial charge in [-0.15, -0.1) is 0 Å². The number of carbonyl (C=O) groups excluding carboxylic acids is 1. The first-order valence-corrected chi connectivity index (χ1v) is 10.2. The number of esters is 1. The molecule has 3 aromatic carbocycles. The predicted molar refractivity (Wildman–Crippen MR) is 125 cm³/mol. The van der Waals surface area contributed by atoms with Crippen LogP contribution in [0.5, 0.6) is 11.5 Å². The van der Waals surface area contributed by atoms with Gasteiger partial charge in [-0.25, -0.2) is 9.79 Å². The topological polar surface area (TPSA) is 177 Å². The molecule has 4 rings (SSSR count). The van der Waals surface area contributed by atoms with Crippen LogP contribution in [0.2, 0.25) is 5.02 Å². The molecule has 13 nitrogen and oxygen atoms in total. The van der Waals surface area contributed by atoms with Crippen LogP contribution in [-0.2, 0) is 9.53 Å². The van der Waals surface area contributed by atoms with Crippen LogP contribution in [0, 0.1) is 30.3 Å². The lowest BCUT2D eigenvalue weighted by atomic mass is 10.2. The first-order valence-electron chi connectivity index (χ1n) is 9.80. The second-order valence-electron chi connectivity index (χ2n) is 7.10. The van der Waals surface area contributed by atoms with Crippen LogP contribution < -0.4 is 4.74 Å². The van der Waals surface area contributed by atoms with Crippen LogP contribution in [-0.4, -0.2) is 26.6 Å². The number of hydrogen-bond acceptors (Lipinski definition) is 10. The van der Waals surface area contributed by atoms with Gasteiger partial charge in [0.15, 0.2) is 5.70 Å². The molecule has 3 aromatic rings. The van der Waals surface area contributed by atoms with Gasteiger partial charge in [-0.05, 0) is 42.0 Å². The van der Waals surface area contributed by atoms with Gasteiger partial charge in [-0.1, -0.05) is 23.7 Å². The van der Waals surface area contributed by atoms with Crippen molar-refractivity contribution < 1.29 is 29.0 Å². The van der Waals surface area contributed by atoms with Crippen LogP contribution in [0.1, 0.15) is 11.1 Å². The Kier molecular flexibility index (Phi) is 6.39. The van der Waals surface area contributed by atoms with Crippen molar-refractivity contribution in [2.75, 3.05) is 0 Å². The van der Waals surface area contributed by atoms with Crippen LogP contribution in [0.15, 0.2) is 71.4 Å². The van der Waals surface area contributed by atoms with Gasteiger partial charge in [-0.3, -0.25) is 30.3 Å². The van der Waals surface area contributed by atoms with Crippen molar-refractivity contribution >= 4 is 46.6 Å². The number of hydrogen-bond donors (Lipinski definition) is 0. The Morgan fingerprint density at radius 1 is 0.861 bits per heavy atom. The number of nitro benzene ring substituents is 3. The fourth-order valence-electron chi connectivity index (χ4n) is 3.08. The summed E-state index contributed by atoms with van der Waals surface area (Å²) in [4.78, 5) is 47.3. The number of nitro groups is 3. The van der Waals surface area contributed by atoms with E-state index < -0.39 is 32.1 Å². The lowest BCUT2D eigenvalue weighted by molar-refractivity contribution is -0.394. The Balaban J connectivity index is 1.55. The van der Waals surface area contributed by atoms with Crippen molar-refractivity contribution in [3.05, 3.63) is 113 Å². The number of benzene rings is 3. The van der Waals surface area contributed by atoms with E-state index >= 15 is 0 Å². The number of rotatable bonds is 7. The highest BCUT2D eigenvalue weighted by Gasteiger charge is 2.26. The molecule has 0 fully saturated rings. The first kappa shape index (κ1) is 24.0. The quantitative estimate of drug-likeness (QED) is 0.179. The van der Waals surface area contributed by atoms with Crippen molar-refractivity contribution in [1.82, 2.24) is 0 Å². The molecule has 1 aliphatic rings. The van der Waals surface area contributed by atoms with E-state index in [0.29, 0.717) is 5.56 Å². The summed E-state index contributed by atoms with van der Waals surface area (Å²) < 4.78 is 10.6.